The lowest BCUT2D eigenvalue weighted by Gasteiger charge is -2.34. The molecule has 1 atom stereocenters. The molecule has 0 aromatic carbocycles. The molecule has 0 saturated carbocycles. The van der Waals surface area contributed by atoms with Gasteiger partial charge in [-0.05, 0) is 44.9 Å². The van der Waals surface area contributed by atoms with Crippen LogP contribution in [0.4, 0.5) is 0 Å². The topological polar surface area (TPSA) is 65.8 Å². The van der Waals surface area contributed by atoms with Crippen molar-refractivity contribution in [2.75, 3.05) is 45.8 Å². The van der Waals surface area contributed by atoms with Crippen LogP contribution in [0.5, 0.6) is 0 Å². The number of hydrogen-bond donors (Lipinski definition) is 1. The molecule has 0 radical (unpaired) electrons. The predicted octanol–water partition coefficient (Wildman–Crippen LogP) is 2.59. The van der Waals surface area contributed by atoms with Gasteiger partial charge in [0.2, 0.25) is 0 Å². The van der Waals surface area contributed by atoms with E-state index in [1.165, 1.54) is 0 Å². The molecule has 1 amide bonds. The number of carbonyl (C=O) groups excluding carboxylic acids is 1. The van der Waals surface area contributed by atoms with Crippen LogP contribution in [-0.4, -0.2) is 61.5 Å². The number of hydrogen-bond acceptors (Lipinski definition) is 5. The maximum atomic E-state index is 12.9. The van der Waals surface area contributed by atoms with Crippen LogP contribution in [0.3, 0.4) is 0 Å². The van der Waals surface area contributed by atoms with Gasteiger partial charge in [-0.15, -0.1) is 24.8 Å². The maximum absolute atomic E-state index is 12.9. The molecule has 2 aliphatic heterocycles. The first-order chi connectivity index (χ1) is 12.5. The zero-order valence-corrected chi connectivity index (χ0v) is 18.3. The number of carbonyl (C=O) groups is 1. The van der Waals surface area contributed by atoms with Crippen molar-refractivity contribution in [3.63, 3.8) is 0 Å². The molecule has 2 saturated heterocycles. The highest BCUT2D eigenvalue weighted by Crippen LogP contribution is 2.24. The number of halogens is 2. The third kappa shape index (κ3) is 5.83. The first-order valence-electron chi connectivity index (χ1n) is 9.47. The van der Waals surface area contributed by atoms with Gasteiger partial charge in [-0.1, -0.05) is 12.2 Å². The van der Waals surface area contributed by atoms with E-state index in [1.54, 1.807) is 4.90 Å². The highest BCUT2D eigenvalue weighted by molar-refractivity contribution is 5.95. The van der Waals surface area contributed by atoms with E-state index in [1.807, 2.05) is 19.9 Å². The van der Waals surface area contributed by atoms with Gasteiger partial charge in [0.25, 0.3) is 5.91 Å². The number of rotatable bonds is 4. The normalized spacial score (nSPS) is 20.1. The molecular formula is C20H31Cl2N3O3. The summed E-state index contributed by atoms with van der Waals surface area (Å²) >= 11 is 0. The molecule has 0 aliphatic carbocycles. The smallest absolute Gasteiger partial charge is 0.349 e. The van der Waals surface area contributed by atoms with Crippen molar-refractivity contribution >= 4 is 30.7 Å². The van der Waals surface area contributed by atoms with E-state index in [-0.39, 0.29) is 42.2 Å². The summed E-state index contributed by atoms with van der Waals surface area (Å²) in [5.41, 5.74) is 1.52. The molecule has 0 bridgehead atoms. The van der Waals surface area contributed by atoms with Gasteiger partial charge in [0.1, 0.15) is 11.3 Å². The van der Waals surface area contributed by atoms with E-state index in [0.717, 1.165) is 56.7 Å². The van der Waals surface area contributed by atoms with Crippen molar-refractivity contribution in [1.82, 2.24) is 15.1 Å². The molecule has 3 heterocycles. The lowest BCUT2D eigenvalue weighted by Crippen LogP contribution is -2.49. The number of amides is 1. The Balaban J connectivity index is 0.00000196. The zero-order chi connectivity index (χ0) is 18.7. The van der Waals surface area contributed by atoms with Crippen molar-refractivity contribution < 1.29 is 9.21 Å². The van der Waals surface area contributed by atoms with Gasteiger partial charge in [-0.2, -0.15) is 0 Å². The van der Waals surface area contributed by atoms with Crippen LogP contribution in [0.1, 0.15) is 47.4 Å². The summed E-state index contributed by atoms with van der Waals surface area (Å²) in [5, 5.41) is 3.33. The molecule has 3 rings (SSSR count). The minimum absolute atomic E-state index is 0. The van der Waals surface area contributed by atoms with E-state index >= 15 is 0 Å². The van der Waals surface area contributed by atoms with Crippen molar-refractivity contribution in [3.8, 4) is 0 Å². The van der Waals surface area contributed by atoms with Crippen LogP contribution in [0, 0.1) is 6.92 Å². The van der Waals surface area contributed by atoms with Crippen molar-refractivity contribution in [1.29, 1.82) is 0 Å². The summed E-state index contributed by atoms with van der Waals surface area (Å²) in [6, 6.07) is 1.88. The molecule has 1 unspecified atom stereocenters. The third-order valence-corrected chi connectivity index (χ3v) is 5.23. The Morgan fingerprint density at radius 3 is 2.50 bits per heavy atom. The molecule has 6 nitrogen and oxygen atoms in total. The Morgan fingerprint density at radius 1 is 1.29 bits per heavy atom. The number of nitrogens with one attached hydrogen (secondary N) is 1. The second kappa shape index (κ2) is 11.0. The molecule has 2 aliphatic rings. The Labute approximate surface area is 179 Å². The number of piperidine rings is 1. The molecule has 0 spiro atoms. The molecule has 8 heteroatoms. The molecule has 1 N–H and O–H groups in total. The summed E-state index contributed by atoms with van der Waals surface area (Å²) in [4.78, 5) is 29.5. The van der Waals surface area contributed by atoms with E-state index in [0.29, 0.717) is 18.8 Å². The standard InChI is InChI=1S/C20H29N3O3.2ClH/c1-14(2)13-22-7-9-23(10-8-22)19(24)18-15(3)11-17(26-20(18)25)16-5-4-6-21-12-16;;/h11,16,21H,1,4-10,12-13H2,2-3H3;2*1H. The van der Waals surface area contributed by atoms with E-state index in [9.17, 15) is 9.59 Å². The van der Waals surface area contributed by atoms with E-state index in [2.05, 4.69) is 16.8 Å². The summed E-state index contributed by atoms with van der Waals surface area (Å²) in [6.07, 6.45) is 2.08. The van der Waals surface area contributed by atoms with Crippen molar-refractivity contribution in [2.24, 2.45) is 0 Å². The predicted molar refractivity (Wildman–Crippen MR) is 116 cm³/mol. The van der Waals surface area contributed by atoms with Crippen LogP contribution in [0.2, 0.25) is 0 Å². The fourth-order valence-electron chi connectivity index (χ4n) is 3.83. The second-order valence-corrected chi connectivity index (χ2v) is 7.56. The second-order valence-electron chi connectivity index (χ2n) is 7.56. The highest BCUT2D eigenvalue weighted by Gasteiger charge is 2.27. The fourth-order valence-corrected chi connectivity index (χ4v) is 3.83. The van der Waals surface area contributed by atoms with E-state index in [4.69, 9.17) is 4.42 Å². The summed E-state index contributed by atoms with van der Waals surface area (Å²) in [7, 11) is 0. The van der Waals surface area contributed by atoms with Gasteiger partial charge in [-0.3, -0.25) is 9.69 Å². The van der Waals surface area contributed by atoms with Crippen LogP contribution >= 0.6 is 24.8 Å². The van der Waals surface area contributed by atoms with Crippen molar-refractivity contribution in [3.05, 3.63) is 45.5 Å². The van der Waals surface area contributed by atoms with Crippen molar-refractivity contribution in [2.45, 2.75) is 32.6 Å². The lowest BCUT2D eigenvalue weighted by atomic mass is 9.95. The van der Waals surface area contributed by atoms with Gasteiger partial charge in [0.15, 0.2) is 0 Å². The average Bonchev–Trinajstić information content (AvgIpc) is 2.62. The number of piperazine rings is 1. The summed E-state index contributed by atoms with van der Waals surface area (Å²) in [5.74, 6) is 0.701. The SMILES string of the molecule is C=C(C)CN1CCN(C(=O)c2c(C)cc(C3CCCNC3)oc2=O)CC1.Cl.Cl. The molecule has 1 aromatic heterocycles. The minimum atomic E-state index is -0.500. The van der Waals surface area contributed by atoms with Gasteiger partial charge in [-0.25, -0.2) is 4.79 Å². The zero-order valence-electron chi connectivity index (χ0n) is 16.7. The van der Waals surface area contributed by atoms with Crippen LogP contribution < -0.4 is 10.9 Å². The fraction of sp³-hybridized carbons (Fsp3) is 0.600. The molecule has 1 aromatic rings. The largest absolute Gasteiger partial charge is 0.427 e. The van der Waals surface area contributed by atoms with Gasteiger partial charge < -0.3 is 14.6 Å². The minimum Gasteiger partial charge on any atom is -0.427 e. The monoisotopic (exact) mass is 431 g/mol. The molecule has 28 heavy (non-hydrogen) atoms. The van der Waals surface area contributed by atoms with Crippen LogP contribution in [0.15, 0.2) is 27.4 Å². The third-order valence-electron chi connectivity index (χ3n) is 5.23. The Bertz CT molecular complexity index is 737. The molecule has 2 fully saturated rings. The van der Waals surface area contributed by atoms with Crippen LogP contribution in [-0.2, 0) is 0 Å². The summed E-state index contributed by atoms with van der Waals surface area (Å²) in [6.45, 7) is 13.3. The lowest BCUT2D eigenvalue weighted by molar-refractivity contribution is 0.0642. The first-order valence-corrected chi connectivity index (χ1v) is 9.47. The Morgan fingerprint density at radius 2 is 1.96 bits per heavy atom. The van der Waals surface area contributed by atoms with Gasteiger partial charge >= 0.3 is 5.63 Å². The molecule has 158 valence electrons. The average molecular weight is 432 g/mol. The number of nitrogens with zero attached hydrogens (tertiary/aromatic N) is 2. The maximum Gasteiger partial charge on any atom is 0.349 e. The molecular weight excluding hydrogens is 401 g/mol. The number of aryl methyl sites for hydroxylation is 1. The quantitative estimate of drug-likeness (QED) is 0.741. The summed E-state index contributed by atoms with van der Waals surface area (Å²) < 4.78 is 5.55. The first kappa shape index (κ1) is 24.7. The van der Waals surface area contributed by atoms with Gasteiger partial charge in [0.05, 0.1) is 0 Å². The Hall–Kier alpha value is -1.34. The van der Waals surface area contributed by atoms with E-state index < -0.39 is 5.63 Å². The Kier molecular flexibility index (Phi) is 9.70. The highest BCUT2D eigenvalue weighted by atomic mass is 35.5. The van der Waals surface area contributed by atoms with Crippen LogP contribution in [0.25, 0.3) is 0 Å². The van der Waals surface area contributed by atoms with Gasteiger partial charge in [0, 0.05) is 45.2 Å².